The van der Waals surface area contributed by atoms with Crippen molar-refractivity contribution >= 4 is 11.8 Å². The Labute approximate surface area is 173 Å². The van der Waals surface area contributed by atoms with Gasteiger partial charge in [0.25, 0.3) is 5.91 Å². The molecule has 2 amide bonds. The van der Waals surface area contributed by atoms with Crippen molar-refractivity contribution in [1.82, 2.24) is 16.1 Å². The van der Waals surface area contributed by atoms with Crippen LogP contribution in [0.25, 0.3) is 0 Å². The Hall–Kier alpha value is -1.96. The molecule has 0 aromatic heterocycles. The molecule has 1 saturated heterocycles. The van der Waals surface area contributed by atoms with Crippen molar-refractivity contribution in [3.05, 3.63) is 35.9 Å². The molecule has 162 valence electrons. The molecule has 4 N–H and O–H groups in total. The molecule has 1 aliphatic rings. The highest BCUT2D eigenvalue weighted by Gasteiger charge is 2.34. The Morgan fingerprint density at radius 1 is 1.21 bits per heavy atom. The maximum Gasteiger partial charge on any atom is 0.273 e. The van der Waals surface area contributed by atoms with Gasteiger partial charge in [0.15, 0.2) is 0 Å². The van der Waals surface area contributed by atoms with Crippen molar-refractivity contribution in [2.24, 2.45) is 5.92 Å². The maximum absolute atomic E-state index is 13.0. The average Bonchev–Trinajstić information content (AvgIpc) is 2.73. The largest absolute Gasteiger partial charge is 0.367 e. The highest BCUT2D eigenvalue weighted by molar-refractivity contribution is 5.89. The monoisotopic (exact) mass is 405 g/mol. The molecular formula is C22H35N3O4. The van der Waals surface area contributed by atoms with E-state index in [0.717, 1.165) is 51.6 Å². The summed E-state index contributed by atoms with van der Waals surface area (Å²) in [6, 6.07) is 10.1. The number of amides is 2. The van der Waals surface area contributed by atoms with Crippen molar-refractivity contribution in [3.8, 4) is 0 Å². The molecule has 0 radical (unpaired) electrons. The highest BCUT2D eigenvalue weighted by Crippen LogP contribution is 2.19. The predicted molar refractivity (Wildman–Crippen MR) is 111 cm³/mol. The van der Waals surface area contributed by atoms with Gasteiger partial charge in [-0.05, 0) is 70.5 Å². The third-order valence-electron chi connectivity index (χ3n) is 5.32. The molecule has 0 spiro atoms. The zero-order chi connectivity index (χ0) is 20.9. The van der Waals surface area contributed by atoms with Crippen molar-refractivity contribution in [2.75, 3.05) is 19.7 Å². The lowest BCUT2D eigenvalue weighted by Gasteiger charge is -2.27. The molecule has 2 rings (SSSR count). The maximum atomic E-state index is 13.0. The molecule has 1 aromatic rings. The minimum atomic E-state index is -1.00. The Balaban J connectivity index is 2.08. The fourth-order valence-corrected chi connectivity index (χ4v) is 3.67. The van der Waals surface area contributed by atoms with E-state index >= 15 is 0 Å². The van der Waals surface area contributed by atoms with Gasteiger partial charge in [-0.3, -0.25) is 14.8 Å². The molecule has 7 heteroatoms. The van der Waals surface area contributed by atoms with E-state index in [1.165, 1.54) is 5.56 Å². The lowest BCUT2D eigenvalue weighted by molar-refractivity contribution is -0.151. The van der Waals surface area contributed by atoms with E-state index in [0.29, 0.717) is 13.0 Å². The fraction of sp³-hybridized carbons (Fsp3) is 0.636. The first-order valence-corrected chi connectivity index (χ1v) is 10.7. The van der Waals surface area contributed by atoms with E-state index in [1.807, 2.05) is 25.1 Å². The second kappa shape index (κ2) is 13.3. The van der Waals surface area contributed by atoms with Gasteiger partial charge in [0, 0.05) is 12.6 Å². The minimum Gasteiger partial charge on any atom is -0.367 e. The molecular weight excluding hydrogens is 370 g/mol. The molecule has 0 bridgehead atoms. The topological polar surface area (TPSA) is 99.7 Å². The second-order valence-corrected chi connectivity index (χ2v) is 7.76. The van der Waals surface area contributed by atoms with Gasteiger partial charge < -0.3 is 15.4 Å². The van der Waals surface area contributed by atoms with Gasteiger partial charge >= 0.3 is 0 Å². The molecule has 0 saturated carbocycles. The Morgan fingerprint density at radius 3 is 2.72 bits per heavy atom. The summed E-state index contributed by atoms with van der Waals surface area (Å²) in [5, 5.41) is 15.6. The van der Waals surface area contributed by atoms with E-state index in [1.54, 1.807) is 5.48 Å². The number of nitrogens with one attached hydrogen (secondary N) is 3. The van der Waals surface area contributed by atoms with E-state index in [2.05, 4.69) is 22.8 Å². The van der Waals surface area contributed by atoms with Crippen LogP contribution in [0.4, 0.5) is 0 Å². The highest BCUT2D eigenvalue weighted by atomic mass is 16.5. The van der Waals surface area contributed by atoms with Gasteiger partial charge in [-0.1, -0.05) is 30.3 Å². The van der Waals surface area contributed by atoms with E-state index in [9.17, 15) is 14.8 Å². The molecule has 29 heavy (non-hydrogen) atoms. The van der Waals surface area contributed by atoms with Crippen LogP contribution in [0.15, 0.2) is 30.3 Å². The number of ether oxygens (including phenoxy) is 1. The molecule has 0 aliphatic carbocycles. The summed E-state index contributed by atoms with van der Waals surface area (Å²) in [5.74, 6) is -1.50. The summed E-state index contributed by atoms with van der Waals surface area (Å²) in [6.07, 6.45) is 4.65. The third-order valence-corrected chi connectivity index (χ3v) is 5.32. The second-order valence-electron chi connectivity index (χ2n) is 7.76. The number of hydrogen-bond acceptors (Lipinski definition) is 5. The van der Waals surface area contributed by atoms with E-state index in [4.69, 9.17) is 4.74 Å². The number of carbonyl (C=O) groups is 2. The average molecular weight is 406 g/mol. The fourth-order valence-electron chi connectivity index (χ4n) is 3.67. The van der Waals surface area contributed by atoms with Crippen LogP contribution in [-0.4, -0.2) is 48.9 Å². The Morgan fingerprint density at radius 2 is 1.97 bits per heavy atom. The molecule has 2 unspecified atom stereocenters. The smallest absolute Gasteiger partial charge is 0.273 e. The number of benzene rings is 1. The van der Waals surface area contributed by atoms with Gasteiger partial charge in [-0.25, -0.2) is 5.48 Å². The van der Waals surface area contributed by atoms with Gasteiger partial charge in [-0.15, -0.1) is 0 Å². The van der Waals surface area contributed by atoms with Crippen LogP contribution in [0.2, 0.25) is 0 Å². The third kappa shape index (κ3) is 8.51. The van der Waals surface area contributed by atoms with Crippen LogP contribution in [0.1, 0.15) is 51.0 Å². The summed E-state index contributed by atoms with van der Waals surface area (Å²) in [7, 11) is 0. The van der Waals surface area contributed by atoms with Crippen molar-refractivity contribution in [3.63, 3.8) is 0 Å². The molecule has 1 aromatic carbocycles. The molecule has 1 fully saturated rings. The first-order chi connectivity index (χ1) is 14.1. The first kappa shape index (κ1) is 23.3. The Kier molecular flexibility index (Phi) is 10.7. The minimum absolute atomic E-state index is 0.0155. The molecule has 3 atom stereocenters. The summed E-state index contributed by atoms with van der Waals surface area (Å²) in [4.78, 5) is 25.3. The van der Waals surface area contributed by atoms with Gasteiger partial charge in [0.05, 0.1) is 5.92 Å². The van der Waals surface area contributed by atoms with Crippen molar-refractivity contribution in [1.29, 1.82) is 0 Å². The van der Waals surface area contributed by atoms with Gasteiger partial charge in [0.1, 0.15) is 6.10 Å². The zero-order valence-corrected chi connectivity index (χ0v) is 17.4. The summed E-state index contributed by atoms with van der Waals surface area (Å²) in [5.41, 5.74) is 2.88. The number of carbonyl (C=O) groups excluding carboxylic acids is 2. The molecule has 1 aliphatic heterocycles. The molecule has 7 nitrogen and oxygen atoms in total. The number of hydroxylamine groups is 1. The Bertz CT molecular complexity index is 611. The van der Waals surface area contributed by atoms with E-state index < -0.39 is 17.9 Å². The lowest BCUT2D eigenvalue weighted by atomic mass is 9.92. The van der Waals surface area contributed by atoms with Crippen LogP contribution >= 0.6 is 0 Å². The normalized spacial score (nSPS) is 24.9. The summed E-state index contributed by atoms with van der Waals surface area (Å²) < 4.78 is 5.80. The van der Waals surface area contributed by atoms with Crippen LogP contribution < -0.4 is 16.1 Å². The quantitative estimate of drug-likeness (QED) is 0.445. The predicted octanol–water partition coefficient (Wildman–Crippen LogP) is 2.18. The van der Waals surface area contributed by atoms with Crippen LogP contribution in [0.5, 0.6) is 0 Å². The standard InChI is InChI=1S/C22H35N3O4/c1-17-9-8-15-23-14-5-6-16-29-20(22(27)25-28)19(21(26)24-17)13-7-12-18-10-3-2-4-11-18/h2-4,10-11,17,19-20,23,28H,5-9,12-16H2,1H3,(H,24,26)(H,25,27)/t17-,19?,20?/m1/s1. The van der Waals surface area contributed by atoms with Crippen molar-refractivity contribution in [2.45, 2.75) is 64.0 Å². The van der Waals surface area contributed by atoms with Crippen LogP contribution in [0, 0.1) is 5.92 Å². The SMILES string of the molecule is C[C@@H]1CCCNCCCCOC(C(=O)NO)C(CCCc2ccccc2)C(=O)N1. The molecule has 1 heterocycles. The number of hydrogen-bond donors (Lipinski definition) is 4. The first-order valence-electron chi connectivity index (χ1n) is 10.7. The number of aryl methyl sites for hydroxylation is 1. The summed E-state index contributed by atoms with van der Waals surface area (Å²) >= 11 is 0. The zero-order valence-electron chi connectivity index (χ0n) is 17.4. The summed E-state index contributed by atoms with van der Waals surface area (Å²) in [6.45, 7) is 4.18. The van der Waals surface area contributed by atoms with Gasteiger partial charge in [-0.2, -0.15) is 0 Å². The van der Waals surface area contributed by atoms with Crippen LogP contribution in [-0.2, 0) is 20.7 Å². The van der Waals surface area contributed by atoms with Crippen molar-refractivity contribution < 1.29 is 19.5 Å². The lowest BCUT2D eigenvalue weighted by Crippen LogP contribution is -2.48. The van der Waals surface area contributed by atoms with Gasteiger partial charge in [0.2, 0.25) is 5.91 Å². The number of rotatable bonds is 5. The van der Waals surface area contributed by atoms with Crippen LogP contribution in [0.3, 0.4) is 0 Å². The van der Waals surface area contributed by atoms with E-state index in [-0.39, 0.29) is 11.9 Å².